The summed E-state index contributed by atoms with van der Waals surface area (Å²) in [6.07, 6.45) is 9.46. The highest BCUT2D eigenvalue weighted by Crippen LogP contribution is 2.22. The highest BCUT2D eigenvalue weighted by molar-refractivity contribution is 5.78. The number of carbonyl (C=O) groups excluding carboxylic acids is 1. The Balaban J connectivity index is 1.63. The molecule has 0 bridgehead atoms. The summed E-state index contributed by atoms with van der Waals surface area (Å²) in [7, 11) is 0. The van der Waals surface area contributed by atoms with Crippen molar-refractivity contribution >= 4 is 5.91 Å². The molecule has 4 heteroatoms. The van der Waals surface area contributed by atoms with Crippen molar-refractivity contribution in [3.63, 3.8) is 0 Å². The van der Waals surface area contributed by atoms with Gasteiger partial charge in [-0.05, 0) is 38.1 Å². The number of piperidine rings is 1. The lowest BCUT2D eigenvalue weighted by atomic mass is 9.99. The van der Waals surface area contributed by atoms with E-state index in [1.54, 1.807) is 0 Å². The van der Waals surface area contributed by atoms with Crippen molar-refractivity contribution in [3.8, 4) is 0 Å². The summed E-state index contributed by atoms with van der Waals surface area (Å²) in [5.41, 5.74) is 0. The number of hydrogen-bond acceptors (Lipinski definition) is 3. The van der Waals surface area contributed by atoms with E-state index in [4.69, 9.17) is 0 Å². The minimum atomic E-state index is 0.254. The third kappa shape index (κ3) is 5.06. The minimum absolute atomic E-state index is 0.254. The molecule has 0 aromatic heterocycles. The van der Waals surface area contributed by atoms with E-state index >= 15 is 0 Å². The fraction of sp³-hybridized carbons (Fsp3) is 0.938. The molecule has 0 aromatic carbocycles. The third-order valence-corrected chi connectivity index (χ3v) is 4.81. The molecule has 2 rings (SSSR count). The molecule has 1 saturated carbocycles. The molecule has 1 amide bonds. The Hall–Kier alpha value is -0.610. The van der Waals surface area contributed by atoms with Crippen LogP contribution in [0.25, 0.3) is 0 Å². The van der Waals surface area contributed by atoms with Gasteiger partial charge in [0.15, 0.2) is 0 Å². The number of nitrogens with one attached hydrogen (secondary N) is 1. The number of likely N-dealkylation sites (tertiary alicyclic amines) is 1. The molecule has 2 N–H and O–H groups in total. The Morgan fingerprint density at radius 2 is 1.85 bits per heavy atom. The fourth-order valence-corrected chi connectivity index (χ4v) is 3.53. The van der Waals surface area contributed by atoms with Gasteiger partial charge in [-0.3, -0.25) is 4.79 Å². The van der Waals surface area contributed by atoms with Gasteiger partial charge in [0.25, 0.3) is 0 Å². The molecule has 20 heavy (non-hydrogen) atoms. The van der Waals surface area contributed by atoms with E-state index in [2.05, 4.69) is 10.2 Å². The second kappa shape index (κ2) is 8.63. The molecular formula is C16H30N2O2. The van der Waals surface area contributed by atoms with E-state index in [1.807, 2.05) is 0 Å². The number of aliphatic hydroxyl groups excluding tert-OH is 1. The summed E-state index contributed by atoms with van der Waals surface area (Å²) < 4.78 is 0. The summed E-state index contributed by atoms with van der Waals surface area (Å²) in [4.78, 5) is 14.5. The lowest BCUT2D eigenvalue weighted by molar-refractivity contribution is -0.125. The van der Waals surface area contributed by atoms with Crippen molar-refractivity contribution in [1.82, 2.24) is 10.2 Å². The molecule has 1 unspecified atom stereocenters. The quantitative estimate of drug-likeness (QED) is 0.756. The predicted molar refractivity (Wildman–Crippen MR) is 80.5 cm³/mol. The second-order valence-electron chi connectivity index (χ2n) is 6.47. The summed E-state index contributed by atoms with van der Waals surface area (Å²) in [5.74, 6) is 0.952. The Morgan fingerprint density at radius 1 is 1.10 bits per heavy atom. The zero-order chi connectivity index (χ0) is 14.2. The molecular weight excluding hydrogens is 252 g/mol. The average molecular weight is 282 g/mol. The molecule has 0 aromatic rings. The molecule has 0 spiro atoms. The number of aliphatic hydroxyl groups is 1. The molecule has 4 nitrogen and oxygen atoms in total. The van der Waals surface area contributed by atoms with Crippen molar-refractivity contribution in [3.05, 3.63) is 0 Å². The summed E-state index contributed by atoms with van der Waals surface area (Å²) >= 11 is 0. The van der Waals surface area contributed by atoms with Gasteiger partial charge in [-0.15, -0.1) is 0 Å². The van der Waals surface area contributed by atoms with Crippen molar-refractivity contribution in [2.45, 2.75) is 51.4 Å². The minimum Gasteiger partial charge on any atom is -0.396 e. The molecule has 116 valence electrons. The van der Waals surface area contributed by atoms with Gasteiger partial charge in [0, 0.05) is 32.2 Å². The summed E-state index contributed by atoms with van der Waals surface area (Å²) in [6.45, 7) is 4.07. The number of hydrogen-bond donors (Lipinski definition) is 2. The average Bonchev–Trinajstić information content (AvgIpc) is 2.76. The van der Waals surface area contributed by atoms with Crippen LogP contribution in [-0.4, -0.2) is 48.7 Å². The topological polar surface area (TPSA) is 52.6 Å². The van der Waals surface area contributed by atoms with Crippen LogP contribution in [0.2, 0.25) is 0 Å². The van der Waals surface area contributed by atoms with Crippen LogP contribution in [0.4, 0.5) is 0 Å². The second-order valence-corrected chi connectivity index (χ2v) is 6.47. The molecule has 2 fully saturated rings. The van der Waals surface area contributed by atoms with Crippen LogP contribution in [0.3, 0.4) is 0 Å². The molecule has 0 radical (unpaired) electrons. The Labute approximate surface area is 122 Å². The predicted octanol–water partition coefficient (Wildman–Crippen LogP) is 1.78. The molecule has 1 saturated heterocycles. The van der Waals surface area contributed by atoms with Crippen LogP contribution in [0.5, 0.6) is 0 Å². The smallest absolute Gasteiger partial charge is 0.223 e. The van der Waals surface area contributed by atoms with Crippen LogP contribution < -0.4 is 5.32 Å². The van der Waals surface area contributed by atoms with Gasteiger partial charge >= 0.3 is 0 Å². The Kier molecular flexibility index (Phi) is 6.80. The Morgan fingerprint density at radius 3 is 2.55 bits per heavy atom. The van der Waals surface area contributed by atoms with Gasteiger partial charge in [-0.25, -0.2) is 0 Å². The van der Waals surface area contributed by atoms with E-state index in [0.29, 0.717) is 12.5 Å². The first kappa shape index (κ1) is 15.8. The largest absolute Gasteiger partial charge is 0.396 e. The maximum Gasteiger partial charge on any atom is 0.223 e. The lowest BCUT2D eigenvalue weighted by Crippen LogP contribution is -2.42. The van der Waals surface area contributed by atoms with Crippen molar-refractivity contribution in [1.29, 1.82) is 0 Å². The zero-order valence-electron chi connectivity index (χ0n) is 12.6. The normalized spacial score (nSPS) is 26.1. The maximum atomic E-state index is 12.1. The monoisotopic (exact) mass is 282 g/mol. The van der Waals surface area contributed by atoms with Crippen LogP contribution in [0.1, 0.15) is 51.4 Å². The van der Waals surface area contributed by atoms with Crippen LogP contribution in [0, 0.1) is 11.8 Å². The molecule has 2 aliphatic rings. The van der Waals surface area contributed by atoms with Crippen molar-refractivity contribution in [2.75, 3.05) is 32.8 Å². The van der Waals surface area contributed by atoms with Gasteiger partial charge < -0.3 is 15.3 Å². The maximum absolute atomic E-state index is 12.1. The molecule has 1 aliphatic heterocycles. The van der Waals surface area contributed by atoms with Crippen LogP contribution in [0.15, 0.2) is 0 Å². The standard InChI is InChI=1S/C16H30N2O2/c19-13-14-6-5-10-18(12-14)11-9-17-16(20)15-7-3-1-2-4-8-15/h14-15,19H,1-13H2,(H,17,20). The fourth-order valence-electron chi connectivity index (χ4n) is 3.53. The first-order valence-corrected chi connectivity index (χ1v) is 8.40. The number of carbonyl (C=O) groups is 1. The molecule has 1 atom stereocenters. The molecule has 1 aliphatic carbocycles. The highest BCUT2D eigenvalue weighted by atomic mass is 16.3. The van der Waals surface area contributed by atoms with Gasteiger partial charge in [0.2, 0.25) is 5.91 Å². The number of amides is 1. The zero-order valence-corrected chi connectivity index (χ0v) is 12.6. The summed E-state index contributed by atoms with van der Waals surface area (Å²) in [5, 5.41) is 12.3. The summed E-state index contributed by atoms with van der Waals surface area (Å²) in [6, 6.07) is 0. The van der Waals surface area contributed by atoms with Crippen molar-refractivity contribution < 1.29 is 9.90 Å². The number of rotatable bonds is 5. The first-order valence-electron chi connectivity index (χ1n) is 8.40. The number of nitrogens with zero attached hydrogens (tertiary/aromatic N) is 1. The van der Waals surface area contributed by atoms with Crippen LogP contribution in [-0.2, 0) is 4.79 Å². The van der Waals surface area contributed by atoms with E-state index in [0.717, 1.165) is 45.4 Å². The van der Waals surface area contributed by atoms with Crippen molar-refractivity contribution in [2.24, 2.45) is 11.8 Å². The SMILES string of the molecule is O=C(NCCN1CCCC(CO)C1)C1CCCCCC1. The van der Waals surface area contributed by atoms with E-state index in [1.165, 1.54) is 32.1 Å². The Bertz CT molecular complexity index is 288. The van der Waals surface area contributed by atoms with E-state index < -0.39 is 0 Å². The lowest BCUT2D eigenvalue weighted by Gasteiger charge is -2.31. The van der Waals surface area contributed by atoms with Gasteiger partial charge in [-0.1, -0.05) is 25.7 Å². The molecule has 1 heterocycles. The van der Waals surface area contributed by atoms with Gasteiger partial charge in [0.05, 0.1) is 0 Å². The van der Waals surface area contributed by atoms with Gasteiger partial charge in [-0.2, -0.15) is 0 Å². The third-order valence-electron chi connectivity index (χ3n) is 4.81. The van der Waals surface area contributed by atoms with E-state index in [-0.39, 0.29) is 11.8 Å². The van der Waals surface area contributed by atoms with Crippen LogP contribution >= 0.6 is 0 Å². The first-order chi connectivity index (χ1) is 9.79. The highest BCUT2D eigenvalue weighted by Gasteiger charge is 2.21. The van der Waals surface area contributed by atoms with Gasteiger partial charge in [0.1, 0.15) is 0 Å². The van der Waals surface area contributed by atoms with E-state index in [9.17, 15) is 9.90 Å².